The predicted molar refractivity (Wildman–Crippen MR) is 80.2 cm³/mol. The number of nitriles is 1. The van der Waals surface area contributed by atoms with Gasteiger partial charge in [-0.1, -0.05) is 17.3 Å². The Balaban J connectivity index is 2.08. The van der Waals surface area contributed by atoms with E-state index in [0.29, 0.717) is 17.8 Å². The molecule has 22 heavy (non-hydrogen) atoms. The van der Waals surface area contributed by atoms with Crippen molar-refractivity contribution in [2.45, 2.75) is 6.42 Å². The lowest BCUT2D eigenvalue weighted by Crippen LogP contribution is -2.05. The summed E-state index contributed by atoms with van der Waals surface area (Å²) in [5.41, 5.74) is 1.62. The molecule has 0 amide bonds. The van der Waals surface area contributed by atoms with Crippen molar-refractivity contribution in [1.29, 1.82) is 5.26 Å². The number of rotatable bonds is 4. The van der Waals surface area contributed by atoms with E-state index >= 15 is 0 Å². The summed E-state index contributed by atoms with van der Waals surface area (Å²) in [7, 11) is 0. The minimum absolute atomic E-state index is 0.161. The van der Waals surface area contributed by atoms with Crippen LogP contribution >= 0.6 is 11.3 Å². The summed E-state index contributed by atoms with van der Waals surface area (Å²) in [6.07, 6.45) is 0.519. The van der Waals surface area contributed by atoms with Crippen LogP contribution in [-0.2, 0) is 6.42 Å². The number of thiophene rings is 1. The predicted octanol–water partition coefficient (Wildman–Crippen LogP) is 2.49. The Labute approximate surface area is 129 Å². The third kappa shape index (κ3) is 2.60. The standard InChI is InChI=1S/C15H10N4O2S/c16-9-13-14(8-12-5-2-6-22-12)19(18-17-13)11-4-1-3-10(7-11)15(20)21/h1-7H,8H2,(H,20,21). The van der Waals surface area contributed by atoms with Gasteiger partial charge in [0.1, 0.15) is 6.07 Å². The number of benzene rings is 1. The van der Waals surface area contributed by atoms with Gasteiger partial charge >= 0.3 is 5.97 Å². The molecular weight excluding hydrogens is 300 g/mol. The van der Waals surface area contributed by atoms with Crippen molar-refractivity contribution in [3.05, 3.63) is 63.6 Å². The topological polar surface area (TPSA) is 91.8 Å². The van der Waals surface area contributed by atoms with Gasteiger partial charge in [0.25, 0.3) is 0 Å². The molecule has 0 aliphatic carbocycles. The van der Waals surface area contributed by atoms with E-state index in [2.05, 4.69) is 10.3 Å². The summed E-state index contributed by atoms with van der Waals surface area (Å²) in [6, 6.07) is 12.3. The molecule has 0 radical (unpaired) electrons. The van der Waals surface area contributed by atoms with Crippen molar-refractivity contribution in [3.8, 4) is 11.8 Å². The van der Waals surface area contributed by atoms with Crippen molar-refractivity contribution in [2.24, 2.45) is 0 Å². The normalized spacial score (nSPS) is 10.3. The number of hydrogen-bond donors (Lipinski definition) is 1. The molecule has 108 valence electrons. The largest absolute Gasteiger partial charge is 0.478 e. The zero-order valence-corrected chi connectivity index (χ0v) is 12.1. The van der Waals surface area contributed by atoms with E-state index in [0.717, 1.165) is 4.88 Å². The van der Waals surface area contributed by atoms with E-state index in [-0.39, 0.29) is 11.3 Å². The van der Waals surface area contributed by atoms with Crippen LogP contribution < -0.4 is 0 Å². The van der Waals surface area contributed by atoms with E-state index in [1.54, 1.807) is 23.5 Å². The Morgan fingerprint density at radius 2 is 2.23 bits per heavy atom. The first-order valence-electron chi connectivity index (χ1n) is 6.40. The van der Waals surface area contributed by atoms with Gasteiger partial charge in [0.15, 0.2) is 5.69 Å². The van der Waals surface area contributed by atoms with Crippen LogP contribution in [0, 0.1) is 11.3 Å². The number of aromatic nitrogens is 3. The molecule has 7 heteroatoms. The number of nitrogens with zero attached hydrogens (tertiary/aromatic N) is 4. The second-order valence-electron chi connectivity index (χ2n) is 4.52. The molecule has 1 aromatic carbocycles. The van der Waals surface area contributed by atoms with E-state index in [1.807, 2.05) is 23.6 Å². The molecule has 3 aromatic rings. The summed E-state index contributed by atoms with van der Waals surface area (Å²) < 4.78 is 1.52. The van der Waals surface area contributed by atoms with Gasteiger partial charge in [-0.25, -0.2) is 9.48 Å². The molecule has 3 rings (SSSR count). The maximum absolute atomic E-state index is 11.1. The average Bonchev–Trinajstić information content (AvgIpc) is 3.17. The Kier molecular flexibility index (Phi) is 3.68. The Hall–Kier alpha value is -2.98. The molecule has 0 unspecified atom stereocenters. The lowest BCUT2D eigenvalue weighted by Gasteiger charge is -2.06. The fourth-order valence-corrected chi connectivity index (χ4v) is 2.81. The van der Waals surface area contributed by atoms with Gasteiger partial charge in [-0.2, -0.15) is 5.26 Å². The maximum Gasteiger partial charge on any atom is 0.335 e. The number of carbonyl (C=O) groups is 1. The maximum atomic E-state index is 11.1. The zero-order chi connectivity index (χ0) is 15.5. The number of carboxylic acid groups (broad SMARTS) is 1. The molecule has 0 bridgehead atoms. The fourth-order valence-electron chi connectivity index (χ4n) is 2.10. The molecule has 2 heterocycles. The Bertz CT molecular complexity index is 862. The molecule has 1 N–H and O–H groups in total. The SMILES string of the molecule is N#Cc1nnn(-c2cccc(C(=O)O)c2)c1Cc1cccs1. The minimum Gasteiger partial charge on any atom is -0.478 e. The van der Waals surface area contributed by atoms with Crippen LogP contribution in [0.1, 0.15) is 26.6 Å². The highest BCUT2D eigenvalue weighted by Gasteiger charge is 2.16. The van der Waals surface area contributed by atoms with Crippen LogP contribution in [0.5, 0.6) is 0 Å². The second kappa shape index (κ2) is 5.79. The van der Waals surface area contributed by atoms with Crippen LogP contribution in [0.3, 0.4) is 0 Å². The van der Waals surface area contributed by atoms with E-state index in [4.69, 9.17) is 5.11 Å². The van der Waals surface area contributed by atoms with E-state index in [1.165, 1.54) is 16.8 Å². The van der Waals surface area contributed by atoms with Crippen LogP contribution in [0.15, 0.2) is 41.8 Å². The van der Waals surface area contributed by atoms with Crippen LogP contribution in [0.25, 0.3) is 5.69 Å². The van der Waals surface area contributed by atoms with E-state index in [9.17, 15) is 10.1 Å². The second-order valence-corrected chi connectivity index (χ2v) is 5.55. The Morgan fingerprint density at radius 1 is 1.36 bits per heavy atom. The minimum atomic E-state index is -1.01. The molecule has 0 spiro atoms. The van der Waals surface area contributed by atoms with Gasteiger partial charge in [-0.15, -0.1) is 16.4 Å². The third-order valence-electron chi connectivity index (χ3n) is 3.13. The van der Waals surface area contributed by atoms with Gasteiger partial charge in [0.05, 0.1) is 16.9 Å². The van der Waals surface area contributed by atoms with Gasteiger partial charge in [0, 0.05) is 11.3 Å². The van der Waals surface area contributed by atoms with Gasteiger partial charge in [-0.3, -0.25) is 0 Å². The molecular formula is C15H10N4O2S. The first-order valence-corrected chi connectivity index (χ1v) is 7.28. The highest BCUT2D eigenvalue weighted by atomic mass is 32.1. The summed E-state index contributed by atoms with van der Waals surface area (Å²) >= 11 is 1.58. The van der Waals surface area contributed by atoms with Gasteiger partial charge in [-0.05, 0) is 29.6 Å². The Morgan fingerprint density at radius 3 is 2.91 bits per heavy atom. The number of hydrogen-bond acceptors (Lipinski definition) is 5. The molecule has 0 aliphatic rings. The fraction of sp³-hybridized carbons (Fsp3) is 0.0667. The van der Waals surface area contributed by atoms with Crippen molar-refractivity contribution in [3.63, 3.8) is 0 Å². The molecule has 0 aliphatic heterocycles. The van der Waals surface area contributed by atoms with E-state index < -0.39 is 5.97 Å². The first kappa shape index (κ1) is 14.0. The highest BCUT2D eigenvalue weighted by molar-refractivity contribution is 7.09. The van der Waals surface area contributed by atoms with Crippen molar-refractivity contribution < 1.29 is 9.90 Å². The molecule has 0 atom stereocenters. The van der Waals surface area contributed by atoms with Gasteiger partial charge in [0.2, 0.25) is 0 Å². The van der Waals surface area contributed by atoms with Crippen LogP contribution in [0.4, 0.5) is 0 Å². The monoisotopic (exact) mass is 310 g/mol. The summed E-state index contributed by atoms with van der Waals surface area (Å²) in [4.78, 5) is 12.2. The van der Waals surface area contributed by atoms with Gasteiger partial charge < -0.3 is 5.11 Å². The number of aromatic carboxylic acids is 1. The lowest BCUT2D eigenvalue weighted by atomic mass is 10.2. The van der Waals surface area contributed by atoms with Crippen molar-refractivity contribution in [2.75, 3.05) is 0 Å². The van der Waals surface area contributed by atoms with Crippen LogP contribution in [-0.4, -0.2) is 26.1 Å². The summed E-state index contributed by atoms with van der Waals surface area (Å²) in [5.74, 6) is -1.01. The lowest BCUT2D eigenvalue weighted by molar-refractivity contribution is 0.0697. The quantitative estimate of drug-likeness (QED) is 0.799. The average molecular weight is 310 g/mol. The molecule has 0 saturated heterocycles. The molecule has 2 aromatic heterocycles. The third-order valence-corrected chi connectivity index (χ3v) is 4.00. The number of carboxylic acids is 1. The summed E-state index contributed by atoms with van der Waals surface area (Å²) in [6.45, 7) is 0. The van der Waals surface area contributed by atoms with Crippen LogP contribution in [0.2, 0.25) is 0 Å². The van der Waals surface area contributed by atoms with Crippen molar-refractivity contribution in [1.82, 2.24) is 15.0 Å². The summed E-state index contributed by atoms with van der Waals surface area (Å²) in [5, 5.41) is 28.1. The first-order chi connectivity index (χ1) is 10.7. The van der Waals surface area contributed by atoms with Crippen molar-refractivity contribution >= 4 is 17.3 Å². The molecule has 0 fully saturated rings. The highest BCUT2D eigenvalue weighted by Crippen LogP contribution is 2.20. The smallest absolute Gasteiger partial charge is 0.335 e. The molecule has 6 nitrogen and oxygen atoms in total. The molecule has 0 saturated carbocycles. The zero-order valence-electron chi connectivity index (χ0n) is 11.3.